The molecular formula is C19H19FN2O2. The van der Waals surface area contributed by atoms with Gasteiger partial charge in [-0.05, 0) is 23.6 Å². The number of halogens is 1. The summed E-state index contributed by atoms with van der Waals surface area (Å²) in [5, 5.41) is 3.53. The number of fused-ring (bicyclic) bond motifs is 1. The normalized spacial score (nSPS) is 10.8. The Morgan fingerprint density at radius 3 is 2.79 bits per heavy atom. The van der Waals surface area contributed by atoms with E-state index in [1.54, 1.807) is 0 Å². The summed E-state index contributed by atoms with van der Waals surface area (Å²) in [4.78, 5) is 14.1. The van der Waals surface area contributed by atoms with Crippen molar-refractivity contribution in [3.05, 3.63) is 65.6 Å². The van der Waals surface area contributed by atoms with E-state index in [-0.39, 0.29) is 11.7 Å². The van der Waals surface area contributed by atoms with Gasteiger partial charge in [-0.2, -0.15) is 0 Å². The van der Waals surface area contributed by atoms with Gasteiger partial charge in [0.2, 0.25) is 5.91 Å². The minimum absolute atomic E-state index is 0.0760. The van der Waals surface area contributed by atoms with Gasteiger partial charge in [-0.1, -0.05) is 30.3 Å². The van der Waals surface area contributed by atoms with Gasteiger partial charge in [-0.3, -0.25) is 4.79 Å². The first kappa shape index (κ1) is 16.1. The second-order valence-electron chi connectivity index (χ2n) is 5.65. The number of H-pyrrole nitrogens is 1. The third-order valence-electron chi connectivity index (χ3n) is 3.81. The molecule has 0 aliphatic rings. The summed E-state index contributed by atoms with van der Waals surface area (Å²) in [5.41, 5.74) is 2.74. The summed E-state index contributed by atoms with van der Waals surface area (Å²) >= 11 is 0. The number of carbonyl (C=O) groups excluding carboxylic acids is 1. The van der Waals surface area contributed by atoms with Crippen molar-refractivity contribution in [1.82, 2.24) is 10.3 Å². The summed E-state index contributed by atoms with van der Waals surface area (Å²) in [7, 11) is 0. The fourth-order valence-corrected chi connectivity index (χ4v) is 2.65. The lowest BCUT2D eigenvalue weighted by Gasteiger charge is -2.08. The SMILES string of the molecule is CC(=O)NCCc1c[nH]c2c(OCc3ccccc3)cc(F)cc12. The first-order chi connectivity index (χ1) is 11.6. The van der Waals surface area contributed by atoms with Crippen molar-refractivity contribution < 1.29 is 13.9 Å². The number of aromatic nitrogens is 1. The van der Waals surface area contributed by atoms with Gasteiger partial charge in [-0.25, -0.2) is 4.39 Å². The van der Waals surface area contributed by atoms with Crippen LogP contribution >= 0.6 is 0 Å². The van der Waals surface area contributed by atoms with E-state index in [1.807, 2.05) is 36.5 Å². The van der Waals surface area contributed by atoms with Crippen LogP contribution in [0.1, 0.15) is 18.1 Å². The van der Waals surface area contributed by atoms with E-state index >= 15 is 0 Å². The average molecular weight is 326 g/mol. The van der Waals surface area contributed by atoms with E-state index in [4.69, 9.17) is 4.74 Å². The number of benzene rings is 2. The molecule has 0 radical (unpaired) electrons. The Kier molecular flexibility index (Phi) is 4.79. The monoisotopic (exact) mass is 326 g/mol. The summed E-state index contributed by atoms with van der Waals surface area (Å²) in [6.45, 7) is 2.36. The zero-order valence-electron chi connectivity index (χ0n) is 13.4. The molecule has 0 bridgehead atoms. The van der Waals surface area contributed by atoms with E-state index in [1.165, 1.54) is 19.1 Å². The maximum Gasteiger partial charge on any atom is 0.216 e. The molecule has 0 unspecified atom stereocenters. The standard InChI is InChI=1S/C19H19FN2O2/c1-13(23)21-8-7-15-11-22-19-17(15)9-16(20)10-18(19)24-12-14-5-3-2-4-6-14/h2-6,9-11,22H,7-8,12H2,1H3,(H,21,23). The van der Waals surface area contributed by atoms with Gasteiger partial charge >= 0.3 is 0 Å². The van der Waals surface area contributed by atoms with Gasteiger partial charge in [0.25, 0.3) is 0 Å². The van der Waals surface area contributed by atoms with Gasteiger partial charge in [0.1, 0.15) is 18.2 Å². The number of aromatic amines is 1. The molecule has 0 atom stereocenters. The Bertz CT molecular complexity index is 843. The molecule has 0 aliphatic carbocycles. The van der Waals surface area contributed by atoms with Crippen LogP contribution in [0.4, 0.5) is 4.39 Å². The molecule has 1 amide bonds. The molecule has 1 aromatic heterocycles. The zero-order valence-corrected chi connectivity index (χ0v) is 13.4. The molecule has 0 aliphatic heterocycles. The third kappa shape index (κ3) is 3.74. The van der Waals surface area contributed by atoms with E-state index in [2.05, 4.69) is 10.3 Å². The highest BCUT2D eigenvalue weighted by atomic mass is 19.1. The van der Waals surface area contributed by atoms with Crippen molar-refractivity contribution >= 4 is 16.8 Å². The Labute approximate surface area is 139 Å². The van der Waals surface area contributed by atoms with Crippen LogP contribution in [0.5, 0.6) is 5.75 Å². The van der Waals surface area contributed by atoms with Gasteiger partial charge in [0.15, 0.2) is 0 Å². The summed E-state index contributed by atoms with van der Waals surface area (Å²) in [5.74, 6) is 0.0680. The lowest BCUT2D eigenvalue weighted by Crippen LogP contribution is -2.22. The quantitative estimate of drug-likeness (QED) is 0.728. The minimum atomic E-state index is -0.342. The molecule has 1 heterocycles. The smallest absolute Gasteiger partial charge is 0.216 e. The number of carbonyl (C=O) groups is 1. The van der Waals surface area contributed by atoms with Crippen LogP contribution in [0.2, 0.25) is 0 Å². The second kappa shape index (κ2) is 7.17. The maximum atomic E-state index is 14.0. The van der Waals surface area contributed by atoms with Crippen molar-refractivity contribution in [2.75, 3.05) is 6.54 Å². The van der Waals surface area contributed by atoms with Crippen molar-refractivity contribution in [2.45, 2.75) is 20.0 Å². The molecule has 3 aromatic rings. The first-order valence-corrected chi connectivity index (χ1v) is 7.84. The number of ether oxygens (including phenoxy) is 1. The molecule has 2 N–H and O–H groups in total. The van der Waals surface area contributed by atoms with Gasteiger partial charge < -0.3 is 15.0 Å². The number of hydrogen-bond acceptors (Lipinski definition) is 2. The van der Waals surface area contributed by atoms with Crippen LogP contribution in [0, 0.1) is 5.82 Å². The minimum Gasteiger partial charge on any atom is -0.487 e. The van der Waals surface area contributed by atoms with Crippen molar-refractivity contribution in [2.24, 2.45) is 0 Å². The Morgan fingerprint density at radius 2 is 2.04 bits per heavy atom. The van der Waals surface area contributed by atoms with Crippen LogP contribution < -0.4 is 10.1 Å². The topological polar surface area (TPSA) is 54.1 Å². The summed E-state index contributed by atoms with van der Waals surface area (Å²) in [6.07, 6.45) is 2.46. The number of nitrogens with one attached hydrogen (secondary N) is 2. The van der Waals surface area contributed by atoms with Crippen molar-refractivity contribution in [3.63, 3.8) is 0 Å². The number of rotatable bonds is 6. The van der Waals surface area contributed by atoms with Crippen molar-refractivity contribution in [3.8, 4) is 5.75 Å². The molecule has 0 saturated heterocycles. The summed E-state index contributed by atoms with van der Waals surface area (Å²) in [6, 6.07) is 12.6. The highest BCUT2D eigenvalue weighted by molar-refractivity contribution is 5.88. The molecule has 0 spiro atoms. The van der Waals surface area contributed by atoms with Gasteiger partial charge in [-0.15, -0.1) is 0 Å². The van der Waals surface area contributed by atoms with Gasteiger partial charge in [0, 0.05) is 31.1 Å². The second-order valence-corrected chi connectivity index (χ2v) is 5.65. The Morgan fingerprint density at radius 1 is 1.25 bits per heavy atom. The molecule has 3 rings (SSSR count). The van der Waals surface area contributed by atoms with E-state index < -0.39 is 0 Å². The molecule has 24 heavy (non-hydrogen) atoms. The van der Waals surface area contributed by atoms with Crippen LogP contribution in [0.25, 0.3) is 10.9 Å². The molecule has 2 aromatic carbocycles. The largest absolute Gasteiger partial charge is 0.487 e. The fraction of sp³-hybridized carbons (Fsp3) is 0.211. The number of hydrogen-bond donors (Lipinski definition) is 2. The van der Waals surface area contributed by atoms with Crippen molar-refractivity contribution in [1.29, 1.82) is 0 Å². The first-order valence-electron chi connectivity index (χ1n) is 7.84. The van der Waals surface area contributed by atoms with Crippen LogP contribution in [-0.4, -0.2) is 17.4 Å². The molecular weight excluding hydrogens is 307 g/mol. The molecule has 5 heteroatoms. The van der Waals surface area contributed by atoms with E-state index in [0.29, 0.717) is 25.3 Å². The molecule has 0 saturated carbocycles. The third-order valence-corrected chi connectivity index (χ3v) is 3.81. The number of amides is 1. The average Bonchev–Trinajstić information content (AvgIpc) is 2.96. The van der Waals surface area contributed by atoms with Crippen LogP contribution in [-0.2, 0) is 17.8 Å². The van der Waals surface area contributed by atoms with Crippen LogP contribution in [0.15, 0.2) is 48.7 Å². The highest BCUT2D eigenvalue weighted by Crippen LogP contribution is 2.29. The molecule has 4 nitrogen and oxygen atoms in total. The maximum absolute atomic E-state index is 14.0. The Hall–Kier alpha value is -2.82. The van der Waals surface area contributed by atoms with E-state index in [9.17, 15) is 9.18 Å². The van der Waals surface area contributed by atoms with E-state index in [0.717, 1.165) is 22.0 Å². The zero-order chi connectivity index (χ0) is 16.9. The highest BCUT2D eigenvalue weighted by Gasteiger charge is 2.11. The van der Waals surface area contributed by atoms with Gasteiger partial charge in [0.05, 0.1) is 5.52 Å². The van der Waals surface area contributed by atoms with Crippen LogP contribution in [0.3, 0.4) is 0 Å². The molecule has 124 valence electrons. The molecule has 0 fully saturated rings. The summed E-state index contributed by atoms with van der Waals surface area (Å²) < 4.78 is 19.8. The lowest BCUT2D eigenvalue weighted by atomic mass is 10.1. The predicted molar refractivity (Wildman–Crippen MR) is 91.4 cm³/mol. The lowest BCUT2D eigenvalue weighted by molar-refractivity contribution is -0.118. The Balaban J connectivity index is 1.80. The fourth-order valence-electron chi connectivity index (χ4n) is 2.65. The predicted octanol–water partition coefficient (Wildman–Crippen LogP) is 3.56.